The molecule has 174 valence electrons. The molecule has 0 heterocycles. The fraction of sp³-hybridized carbons (Fsp3) is 0.200. The summed E-state index contributed by atoms with van der Waals surface area (Å²) < 4.78 is 31.7. The van der Waals surface area contributed by atoms with Crippen molar-refractivity contribution >= 4 is 23.3 Å². The minimum atomic E-state index is -5.08. The van der Waals surface area contributed by atoms with Crippen molar-refractivity contribution in [2.24, 2.45) is 0 Å². The smallest absolute Gasteiger partial charge is 0.475 e. The molecule has 0 fully saturated rings. The van der Waals surface area contributed by atoms with Crippen LogP contribution in [0.1, 0.15) is 16.7 Å². The van der Waals surface area contributed by atoms with Crippen molar-refractivity contribution in [2.45, 2.75) is 26.6 Å². The third-order valence-electron chi connectivity index (χ3n) is 4.83. The van der Waals surface area contributed by atoms with Crippen LogP contribution in [0.25, 0.3) is 0 Å². The summed E-state index contributed by atoms with van der Waals surface area (Å²) in [6.07, 6.45) is -5.08. The molecule has 1 amide bonds. The van der Waals surface area contributed by atoms with Crippen LogP contribution in [0.4, 0.5) is 24.5 Å². The molecule has 0 bridgehead atoms. The second-order valence-corrected chi connectivity index (χ2v) is 7.17. The first kappa shape index (κ1) is 25.6. The van der Waals surface area contributed by atoms with Gasteiger partial charge in [0.2, 0.25) is 5.91 Å². The Kier molecular flexibility index (Phi) is 9.18. The summed E-state index contributed by atoms with van der Waals surface area (Å²) in [6.45, 7) is 5.18. The largest absolute Gasteiger partial charge is 0.490 e. The number of rotatable bonds is 6. The van der Waals surface area contributed by atoms with Crippen molar-refractivity contribution in [3.63, 3.8) is 0 Å². The van der Waals surface area contributed by atoms with E-state index in [9.17, 15) is 18.0 Å². The van der Waals surface area contributed by atoms with E-state index in [1.807, 2.05) is 60.7 Å². The fourth-order valence-corrected chi connectivity index (χ4v) is 2.98. The van der Waals surface area contributed by atoms with Crippen LogP contribution < -0.4 is 10.2 Å². The van der Waals surface area contributed by atoms with Gasteiger partial charge in [0, 0.05) is 17.9 Å². The average Bonchev–Trinajstić information content (AvgIpc) is 2.78. The Hall–Kier alpha value is -3.65. The molecule has 0 spiro atoms. The number of hydrogen-bond donors (Lipinski definition) is 2. The number of nitrogens with one attached hydrogen (secondary N) is 1. The van der Waals surface area contributed by atoms with Crippen LogP contribution in [-0.2, 0) is 16.1 Å². The van der Waals surface area contributed by atoms with Gasteiger partial charge in [0.05, 0.1) is 6.54 Å². The number of hydrogen-bond acceptors (Lipinski definition) is 3. The predicted octanol–water partition coefficient (Wildman–Crippen LogP) is 5.39. The van der Waals surface area contributed by atoms with Crippen molar-refractivity contribution in [3.8, 4) is 0 Å². The molecule has 0 atom stereocenters. The number of carbonyl (C=O) groups is 2. The topological polar surface area (TPSA) is 69.6 Å². The molecule has 3 aromatic rings. The number of carboxylic acid groups (broad SMARTS) is 1. The van der Waals surface area contributed by atoms with Gasteiger partial charge in [-0.3, -0.25) is 9.69 Å². The predicted molar refractivity (Wildman–Crippen MR) is 121 cm³/mol. The Labute approximate surface area is 190 Å². The minimum Gasteiger partial charge on any atom is -0.475 e. The molecular formula is C25H25F3N2O3. The van der Waals surface area contributed by atoms with Crippen molar-refractivity contribution in [3.05, 3.63) is 95.6 Å². The zero-order valence-corrected chi connectivity index (χ0v) is 18.3. The van der Waals surface area contributed by atoms with Crippen molar-refractivity contribution < 1.29 is 27.9 Å². The van der Waals surface area contributed by atoms with Gasteiger partial charge in [-0.25, -0.2) is 4.79 Å². The molecule has 2 N–H and O–H groups in total. The van der Waals surface area contributed by atoms with E-state index >= 15 is 0 Å². The van der Waals surface area contributed by atoms with Gasteiger partial charge < -0.3 is 10.4 Å². The summed E-state index contributed by atoms with van der Waals surface area (Å²) in [5.74, 6) is -2.74. The number of carbonyl (C=O) groups excluding carboxylic acids is 1. The summed E-state index contributed by atoms with van der Waals surface area (Å²) in [4.78, 5) is 23.6. The van der Waals surface area contributed by atoms with Gasteiger partial charge in [-0.05, 0) is 54.8 Å². The second kappa shape index (κ2) is 11.8. The Balaban J connectivity index is 0.000000479. The minimum absolute atomic E-state index is 0.0210. The molecule has 0 saturated heterocycles. The van der Waals surface area contributed by atoms with Crippen molar-refractivity contribution in [1.29, 1.82) is 0 Å². The first-order chi connectivity index (χ1) is 15.6. The van der Waals surface area contributed by atoms with Gasteiger partial charge in [-0.15, -0.1) is 0 Å². The summed E-state index contributed by atoms with van der Waals surface area (Å²) in [7, 11) is 0. The molecule has 0 radical (unpaired) electrons. The number of aliphatic carboxylic acids is 1. The molecule has 3 aromatic carbocycles. The zero-order valence-electron chi connectivity index (χ0n) is 18.3. The van der Waals surface area contributed by atoms with E-state index in [1.165, 1.54) is 16.7 Å². The van der Waals surface area contributed by atoms with Crippen molar-refractivity contribution in [1.82, 2.24) is 5.32 Å². The molecule has 33 heavy (non-hydrogen) atoms. The highest BCUT2D eigenvalue weighted by atomic mass is 19.4. The van der Waals surface area contributed by atoms with Crippen LogP contribution in [0.3, 0.4) is 0 Å². The standard InChI is InChI=1S/C23H24N2O.C2HF3O2/c1-18-10-9-11-20(19(18)2)16-24-17-23(26)25(21-12-5-3-6-13-21)22-14-7-4-8-15-22;3-2(4,5)1(6)7/h3-15,24H,16-17H2,1-2H3;(H,6,7). The first-order valence-corrected chi connectivity index (χ1v) is 10.1. The van der Waals surface area contributed by atoms with E-state index in [-0.39, 0.29) is 12.5 Å². The summed E-state index contributed by atoms with van der Waals surface area (Å²) in [6, 6.07) is 25.8. The molecule has 5 nitrogen and oxygen atoms in total. The molecule has 0 saturated carbocycles. The molecule has 0 aliphatic carbocycles. The van der Waals surface area contributed by atoms with Crippen LogP contribution >= 0.6 is 0 Å². The highest BCUT2D eigenvalue weighted by molar-refractivity contribution is 6.01. The Morgan fingerprint density at radius 1 is 0.848 bits per heavy atom. The van der Waals surface area contributed by atoms with E-state index < -0.39 is 12.1 Å². The number of carboxylic acids is 1. The molecular weight excluding hydrogens is 433 g/mol. The maximum atomic E-state index is 12.9. The lowest BCUT2D eigenvalue weighted by Gasteiger charge is -2.23. The lowest BCUT2D eigenvalue weighted by molar-refractivity contribution is -0.192. The van der Waals surface area contributed by atoms with Gasteiger partial charge in [0.1, 0.15) is 0 Å². The van der Waals surface area contributed by atoms with Crippen LogP contribution in [0, 0.1) is 13.8 Å². The number of amides is 1. The van der Waals surface area contributed by atoms with E-state index in [4.69, 9.17) is 9.90 Å². The number of anilines is 2. The number of para-hydroxylation sites is 2. The summed E-state index contributed by atoms with van der Waals surface area (Å²) in [5, 5.41) is 10.4. The molecule has 0 aliphatic heterocycles. The third-order valence-corrected chi connectivity index (χ3v) is 4.83. The van der Waals surface area contributed by atoms with Gasteiger partial charge in [-0.2, -0.15) is 13.2 Å². The van der Waals surface area contributed by atoms with Gasteiger partial charge in [0.15, 0.2) is 0 Å². The van der Waals surface area contributed by atoms with Crippen LogP contribution in [0.5, 0.6) is 0 Å². The lowest BCUT2D eigenvalue weighted by atomic mass is 10.0. The van der Waals surface area contributed by atoms with E-state index in [0.29, 0.717) is 6.54 Å². The first-order valence-electron chi connectivity index (χ1n) is 10.1. The van der Waals surface area contributed by atoms with Crippen LogP contribution in [-0.4, -0.2) is 29.7 Å². The third kappa shape index (κ3) is 7.76. The van der Waals surface area contributed by atoms with E-state index in [2.05, 4.69) is 37.4 Å². The normalized spacial score (nSPS) is 10.7. The average molecular weight is 458 g/mol. The molecule has 3 rings (SSSR count). The Morgan fingerprint density at radius 3 is 1.79 bits per heavy atom. The van der Waals surface area contributed by atoms with Crippen LogP contribution in [0.15, 0.2) is 78.9 Å². The van der Waals surface area contributed by atoms with Gasteiger partial charge in [0.25, 0.3) is 0 Å². The summed E-state index contributed by atoms with van der Waals surface area (Å²) >= 11 is 0. The maximum absolute atomic E-state index is 12.9. The Bertz CT molecular complexity index is 1020. The zero-order chi connectivity index (χ0) is 24.4. The number of aryl methyl sites for hydroxylation is 1. The number of alkyl halides is 3. The number of nitrogens with zero attached hydrogens (tertiary/aromatic N) is 1. The SMILES string of the molecule is Cc1cccc(CNCC(=O)N(c2ccccc2)c2ccccc2)c1C.O=C(O)C(F)(F)F. The number of benzene rings is 3. The molecule has 0 aromatic heterocycles. The maximum Gasteiger partial charge on any atom is 0.490 e. The summed E-state index contributed by atoms with van der Waals surface area (Å²) in [5.41, 5.74) is 5.51. The monoisotopic (exact) mass is 458 g/mol. The van der Waals surface area contributed by atoms with E-state index in [0.717, 1.165) is 11.4 Å². The van der Waals surface area contributed by atoms with Gasteiger partial charge in [-0.1, -0.05) is 54.6 Å². The Morgan fingerprint density at radius 2 is 1.33 bits per heavy atom. The highest BCUT2D eigenvalue weighted by Crippen LogP contribution is 2.25. The molecule has 0 unspecified atom stereocenters. The number of halogens is 3. The molecule has 8 heteroatoms. The van der Waals surface area contributed by atoms with Gasteiger partial charge >= 0.3 is 12.1 Å². The fourth-order valence-electron chi connectivity index (χ4n) is 2.98. The van der Waals surface area contributed by atoms with Crippen LogP contribution in [0.2, 0.25) is 0 Å². The highest BCUT2D eigenvalue weighted by Gasteiger charge is 2.38. The quantitative estimate of drug-likeness (QED) is 0.520. The van der Waals surface area contributed by atoms with E-state index in [1.54, 1.807) is 4.90 Å². The second-order valence-electron chi connectivity index (χ2n) is 7.17. The molecule has 0 aliphatic rings. The lowest BCUT2D eigenvalue weighted by Crippen LogP contribution is -2.35. The van der Waals surface area contributed by atoms with Crippen molar-refractivity contribution in [2.75, 3.05) is 11.4 Å².